The molecule has 0 fully saturated rings. The van der Waals surface area contributed by atoms with Crippen LogP contribution in [-0.2, 0) is 14.3 Å². The molecular weight excluding hydrogens is 328 g/mol. The maximum atomic E-state index is 12.4. The molecule has 0 N–H and O–H groups in total. The maximum absolute atomic E-state index is 12.4. The molecule has 5 nitrogen and oxygen atoms in total. The number of para-hydroxylation sites is 2. The quantitative estimate of drug-likeness (QED) is 0.776. The third-order valence-corrected chi connectivity index (χ3v) is 5.38. The number of hydrogen-bond acceptors (Lipinski definition) is 5. The smallest absolute Gasteiger partial charge is 0.297 e. The minimum atomic E-state index is -3.84. The van der Waals surface area contributed by atoms with Crippen molar-refractivity contribution in [2.24, 2.45) is 0 Å². The standard InChI is InChI=1S/C18H20O5S/c1-3-18(12-21-16-6-4-5-7-17(16)23-18)13-22-24(19,20)15-10-8-14(2)9-11-15/h4-11H,3,12-13H2,1-2H3. The summed E-state index contributed by atoms with van der Waals surface area (Å²) in [6, 6.07) is 13.9. The van der Waals surface area contributed by atoms with Gasteiger partial charge in [0.05, 0.1) is 4.90 Å². The van der Waals surface area contributed by atoms with Crippen LogP contribution in [0, 0.1) is 6.92 Å². The van der Waals surface area contributed by atoms with Gasteiger partial charge in [-0.15, -0.1) is 0 Å². The van der Waals surface area contributed by atoms with Crippen LogP contribution < -0.4 is 9.47 Å². The molecule has 0 amide bonds. The van der Waals surface area contributed by atoms with Gasteiger partial charge in [0.2, 0.25) is 0 Å². The van der Waals surface area contributed by atoms with E-state index < -0.39 is 15.7 Å². The van der Waals surface area contributed by atoms with E-state index in [1.807, 2.05) is 32.0 Å². The average Bonchev–Trinajstić information content (AvgIpc) is 2.60. The lowest BCUT2D eigenvalue weighted by molar-refractivity contribution is -0.0413. The molecule has 0 saturated heterocycles. The van der Waals surface area contributed by atoms with Crippen LogP contribution >= 0.6 is 0 Å². The van der Waals surface area contributed by atoms with Crippen LogP contribution in [0.2, 0.25) is 0 Å². The fourth-order valence-corrected chi connectivity index (χ4v) is 3.41. The van der Waals surface area contributed by atoms with Gasteiger partial charge in [0.15, 0.2) is 17.1 Å². The van der Waals surface area contributed by atoms with E-state index in [2.05, 4.69) is 0 Å². The van der Waals surface area contributed by atoms with Crippen molar-refractivity contribution in [2.75, 3.05) is 13.2 Å². The van der Waals surface area contributed by atoms with Crippen LogP contribution in [0.3, 0.4) is 0 Å². The first-order valence-electron chi connectivity index (χ1n) is 7.81. The molecule has 24 heavy (non-hydrogen) atoms. The summed E-state index contributed by atoms with van der Waals surface area (Å²) in [6.07, 6.45) is 0.560. The molecule has 0 saturated carbocycles. The topological polar surface area (TPSA) is 61.8 Å². The normalized spacial score (nSPS) is 19.9. The second-order valence-corrected chi connectivity index (χ2v) is 7.52. The lowest BCUT2D eigenvalue weighted by Gasteiger charge is -2.37. The molecule has 2 aromatic carbocycles. The molecule has 128 valence electrons. The van der Waals surface area contributed by atoms with E-state index in [1.54, 1.807) is 18.2 Å². The molecule has 1 aliphatic rings. The van der Waals surface area contributed by atoms with Crippen molar-refractivity contribution in [3.8, 4) is 11.5 Å². The van der Waals surface area contributed by atoms with Crippen molar-refractivity contribution in [1.29, 1.82) is 0 Å². The highest BCUT2D eigenvalue weighted by molar-refractivity contribution is 7.86. The summed E-state index contributed by atoms with van der Waals surface area (Å²) >= 11 is 0. The van der Waals surface area contributed by atoms with Gasteiger partial charge in [-0.2, -0.15) is 8.42 Å². The molecule has 2 aromatic rings. The maximum Gasteiger partial charge on any atom is 0.297 e. The van der Waals surface area contributed by atoms with Crippen LogP contribution in [0.1, 0.15) is 18.9 Å². The third kappa shape index (κ3) is 3.39. The molecule has 0 bridgehead atoms. The Morgan fingerprint density at radius 1 is 1.08 bits per heavy atom. The Bertz CT molecular complexity index is 814. The van der Waals surface area contributed by atoms with Crippen LogP contribution in [0.15, 0.2) is 53.4 Å². The van der Waals surface area contributed by atoms with Crippen molar-refractivity contribution < 1.29 is 22.1 Å². The van der Waals surface area contributed by atoms with Gasteiger partial charge in [0.1, 0.15) is 13.2 Å². The lowest BCUT2D eigenvalue weighted by atomic mass is 10.0. The first kappa shape index (κ1) is 16.8. The number of aryl methyl sites for hydroxylation is 1. The van der Waals surface area contributed by atoms with E-state index in [1.165, 1.54) is 12.1 Å². The Labute approximate surface area is 142 Å². The third-order valence-electron chi connectivity index (χ3n) is 4.10. The Kier molecular flexibility index (Phi) is 4.51. The van der Waals surface area contributed by atoms with Crippen LogP contribution in [0.25, 0.3) is 0 Å². The fourth-order valence-electron chi connectivity index (χ4n) is 2.43. The van der Waals surface area contributed by atoms with Gasteiger partial charge in [0.25, 0.3) is 10.1 Å². The lowest BCUT2D eigenvalue weighted by Crippen LogP contribution is -2.48. The molecule has 1 aliphatic heterocycles. The summed E-state index contributed by atoms with van der Waals surface area (Å²) in [4.78, 5) is 0.136. The van der Waals surface area contributed by atoms with Crippen LogP contribution in [0.5, 0.6) is 11.5 Å². The predicted molar refractivity (Wildman–Crippen MR) is 89.9 cm³/mol. The largest absolute Gasteiger partial charge is 0.485 e. The summed E-state index contributed by atoms with van der Waals surface area (Å²) in [7, 11) is -3.84. The van der Waals surface area contributed by atoms with Gasteiger partial charge in [-0.05, 0) is 37.6 Å². The first-order chi connectivity index (χ1) is 11.4. The number of fused-ring (bicyclic) bond motifs is 1. The molecule has 0 aromatic heterocycles. The molecular formula is C18H20O5S. The van der Waals surface area contributed by atoms with E-state index in [-0.39, 0.29) is 18.1 Å². The van der Waals surface area contributed by atoms with E-state index in [0.29, 0.717) is 17.9 Å². The Morgan fingerprint density at radius 3 is 2.42 bits per heavy atom. The number of rotatable bonds is 5. The zero-order valence-corrected chi connectivity index (χ0v) is 14.5. The van der Waals surface area contributed by atoms with E-state index in [4.69, 9.17) is 13.7 Å². The van der Waals surface area contributed by atoms with E-state index in [9.17, 15) is 8.42 Å². The molecule has 0 spiro atoms. The highest BCUT2D eigenvalue weighted by Crippen LogP contribution is 2.36. The summed E-state index contributed by atoms with van der Waals surface area (Å²) in [5, 5.41) is 0. The first-order valence-corrected chi connectivity index (χ1v) is 9.22. The number of hydrogen-bond donors (Lipinski definition) is 0. The van der Waals surface area contributed by atoms with E-state index in [0.717, 1.165) is 5.56 Å². The summed E-state index contributed by atoms with van der Waals surface area (Å²) in [5.74, 6) is 1.25. The molecule has 1 heterocycles. The van der Waals surface area contributed by atoms with Crippen molar-refractivity contribution in [3.05, 3.63) is 54.1 Å². The van der Waals surface area contributed by atoms with Gasteiger partial charge in [-0.3, -0.25) is 4.18 Å². The van der Waals surface area contributed by atoms with Crippen LogP contribution in [-0.4, -0.2) is 27.2 Å². The van der Waals surface area contributed by atoms with Crippen molar-refractivity contribution >= 4 is 10.1 Å². The van der Waals surface area contributed by atoms with Crippen molar-refractivity contribution in [1.82, 2.24) is 0 Å². The van der Waals surface area contributed by atoms with Crippen molar-refractivity contribution in [2.45, 2.75) is 30.8 Å². The van der Waals surface area contributed by atoms with Gasteiger partial charge in [-0.1, -0.05) is 36.8 Å². The van der Waals surface area contributed by atoms with Gasteiger partial charge in [0, 0.05) is 0 Å². The summed E-state index contributed by atoms with van der Waals surface area (Å²) in [5.41, 5.74) is 0.158. The fraction of sp³-hybridized carbons (Fsp3) is 0.333. The molecule has 1 atom stereocenters. The molecule has 0 aliphatic carbocycles. The SMILES string of the molecule is CCC1(COS(=O)(=O)c2ccc(C)cc2)COc2ccccc2O1. The minimum Gasteiger partial charge on any atom is -0.485 e. The average molecular weight is 348 g/mol. The highest BCUT2D eigenvalue weighted by atomic mass is 32.2. The monoisotopic (exact) mass is 348 g/mol. The Hall–Kier alpha value is -2.05. The summed E-state index contributed by atoms with van der Waals surface area (Å²) in [6.45, 7) is 3.95. The summed E-state index contributed by atoms with van der Waals surface area (Å²) < 4.78 is 41.7. The zero-order valence-electron chi connectivity index (χ0n) is 13.7. The second-order valence-electron chi connectivity index (χ2n) is 5.90. The minimum absolute atomic E-state index is 0.103. The van der Waals surface area contributed by atoms with Crippen LogP contribution in [0.4, 0.5) is 0 Å². The molecule has 0 radical (unpaired) electrons. The van der Waals surface area contributed by atoms with Crippen molar-refractivity contribution in [3.63, 3.8) is 0 Å². The van der Waals surface area contributed by atoms with Gasteiger partial charge < -0.3 is 9.47 Å². The highest BCUT2D eigenvalue weighted by Gasteiger charge is 2.38. The van der Waals surface area contributed by atoms with Gasteiger partial charge in [-0.25, -0.2) is 0 Å². The zero-order chi connectivity index (χ0) is 17.2. The Morgan fingerprint density at radius 2 is 1.75 bits per heavy atom. The van der Waals surface area contributed by atoms with Gasteiger partial charge >= 0.3 is 0 Å². The molecule has 1 unspecified atom stereocenters. The van der Waals surface area contributed by atoms with E-state index >= 15 is 0 Å². The number of benzene rings is 2. The predicted octanol–water partition coefficient (Wildman–Crippen LogP) is 3.32. The molecule has 3 rings (SSSR count). The number of ether oxygens (including phenoxy) is 2. The Balaban J connectivity index is 1.76. The molecule has 6 heteroatoms. The second kappa shape index (κ2) is 6.45.